The first-order chi connectivity index (χ1) is 8.04. The predicted octanol–water partition coefficient (Wildman–Crippen LogP) is 1.72. The first kappa shape index (κ1) is 16.1. The van der Waals surface area contributed by atoms with Crippen LogP contribution in [0, 0.1) is 13.8 Å². The highest BCUT2D eigenvalue weighted by Gasteiger charge is 2.07. The Balaban J connectivity index is 0.00000289. The SMILES string of the molecule is CON=C(N)NC(=O)Nc1c(C)cccc1C.Cl. The number of hydrogen-bond donors (Lipinski definition) is 3. The number of carbonyl (C=O) groups is 1. The van der Waals surface area contributed by atoms with Gasteiger partial charge in [0.05, 0.1) is 0 Å². The molecule has 2 amide bonds. The largest absolute Gasteiger partial charge is 0.396 e. The lowest BCUT2D eigenvalue weighted by Crippen LogP contribution is -2.39. The summed E-state index contributed by atoms with van der Waals surface area (Å²) in [5, 5.41) is 8.41. The van der Waals surface area contributed by atoms with Crippen molar-refractivity contribution in [2.24, 2.45) is 10.9 Å². The van der Waals surface area contributed by atoms with E-state index >= 15 is 0 Å². The molecule has 0 saturated carbocycles. The molecule has 0 unspecified atom stereocenters. The van der Waals surface area contributed by atoms with Crippen LogP contribution in [0.3, 0.4) is 0 Å². The Hall–Kier alpha value is -1.95. The third kappa shape index (κ3) is 4.50. The van der Waals surface area contributed by atoms with Crippen molar-refractivity contribution in [1.82, 2.24) is 5.32 Å². The molecule has 1 rings (SSSR count). The maximum Gasteiger partial charge on any atom is 0.326 e. The minimum Gasteiger partial charge on any atom is -0.396 e. The number of benzene rings is 1. The second-order valence-electron chi connectivity index (χ2n) is 3.51. The van der Waals surface area contributed by atoms with E-state index < -0.39 is 6.03 Å². The highest BCUT2D eigenvalue weighted by Crippen LogP contribution is 2.18. The van der Waals surface area contributed by atoms with Crippen LogP contribution in [0.15, 0.2) is 23.4 Å². The van der Waals surface area contributed by atoms with Crippen molar-refractivity contribution in [2.75, 3.05) is 12.4 Å². The monoisotopic (exact) mass is 272 g/mol. The molecule has 18 heavy (non-hydrogen) atoms. The third-order valence-corrected chi connectivity index (χ3v) is 2.15. The van der Waals surface area contributed by atoms with Crippen LogP contribution < -0.4 is 16.4 Å². The molecule has 0 radical (unpaired) electrons. The summed E-state index contributed by atoms with van der Waals surface area (Å²) in [6, 6.07) is 5.29. The number of carbonyl (C=O) groups excluding carboxylic acids is 1. The molecule has 0 atom stereocenters. The lowest BCUT2D eigenvalue weighted by molar-refractivity contribution is 0.211. The second kappa shape index (κ2) is 7.39. The summed E-state index contributed by atoms with van der Waals surface area (Å²) < 4.78 is 0. The Kier molecular flexibility index (Phi) is 6.59. The first-order valence-corrected chi connectivity index (χ1v) is 5.05. The molecule has 0 saturated heterocycles. The Morgan fingerprint density at radius 3 is 2.39 bits per heavy atom. The van der Waals surface area contributed by atoms with Crippen LogP contribution in [0.2, 0.25) is 0 Å². The molecule has 1 aromatic rings. The lowest BCUT2D eigenvalue weighted by atomic mass is 10.1. The number of aryl methyl sites for hydroxylation is 2. The van der Waals surface area contributed by atoms with Crippen LogP contribution >= 0.6 is 12.4 Å². The number of urea groups is 1. The van der Waals surface area contributed by atoms with Crippen LogP contribution in [0.4, 0.5) is 10.5 Å². The summed E-state index contributed by atoms with van der Waals surface area (Å²) >= 11 is 0. The summed E-state index contributed by atoms with van der Waals surface area (Å²) in [5.41, 5.74) is 8.08. The number of hydrogen-bond acceptors (Lipinski definition) is 3. The molecule has 0 fully saturated rings. The highest BCUT2D eigenvalue weighted by atomic mass is 35.5. The van der Waals surface area contributed by atoms with Gasteiger partial charge in [-0.2, -0.15) is 0 Å². The van der Waals surface area contributed by atoms with Gasteiger partial charge in [0.2, 0.25) is 5.96 Å². The molecule has 4 N–H and O–H groups in total. The van der Waals surface area contributed by atoms with Gasteiger partial charge in [0.25, 0.3) is 0 Å². The van der Waals surface area contributed by atoms with E-state index in [1.54, 1.807) is 0 Å². The average Bonchev–Trinajstić information content (AvgIpc) is 2.24. The zero-order valence-corrected chi connectivity index (χ0v) is 11.3. The standard InChI is InChI=1S/C11H16N4O2.ClH/c1-7-5-4-6-8(2)9(7)13-11(16)14-10(12)15-17-3;/h4-6H,1-3H3,(H4,12,13,14,15,16);1H. The van der Waals surface area contributed by atoms with Crippen molar-refractivity contribution < 1.29 is 9.63 Å². The van der Waals surface area contributed by atoms with E-state index in [4.69, 9.17) is 5.73 Å². The minimum atomic E-state index is -0.458. The van der Waals surface area contributed by atoms with Gasteiger partial charge in [0.1, 0.15) is 7.11 Å². The van der Waals surface area contributed by atoms with Gasteiger partial charge in [0, 0.05) is 5.69 Å². The zero-order valence-electron chi connectivity index (χ0n) is 10.5. The molecule has 0 aliphatic rings. The number of nitrogens with two attached hydrogens (primary N) is 1. The van der Waals surface area contributed by atoms with Gasteiger partial charge in [-0.3, -0.25) is 5.32 Å². The van der Waals surface area contributed by atoms with Crippen LogP contribution in [0.1, 0.15) is 11.1 Å². The molecule has 100 valence electrons. The summed E-state index contributed by atoms with van der Waals surface area (Å²) in [5.74, 6) is -0.101. The molecular weight excluding hydrogens is 256 g/mol. The van der Waals surface area contributed by atoms with Gasteiger partial charge in [-0.25, -0.2) is 4.79 Å². The van der Waals surface area contributed by atoms with Gasteiger partial charge >= 0.3 is 6.03 Å². The molecule has 6 nitrogen and oxygen atoms in total. The lowest BCUT2D eigenvalue weighted by Gasteiger charge is -2.11. The summed E-state index contributed by atoms with van der Waals surface area (Å²) in [4.78, 5) is 16.0. The summed E-state index contributed by atoms with van der Waals surface area (Å²) in [6.07, 6.45) is 0. The van der Waals surface area contributed by atoms with E-state index in [9.17, 15) is 4.79 Å². The van der Waals surface area contributed by atoms with Crippen LogP contribution in [0.25, 0.3) is 0 Å². The smallest absolute Gasteiger partial charge is 0.326 e. The molecule has 1 aromatic carbocycles. The van der Waals surface area contributed by atoms with Gasteiger partial charge in [0.15, 0.2) is 0 Å². The molecule has 7 heteroatoms. The van der Waals surface area contributed by atoms with E-state index in [-0.39, 0.29) is 18.4 Å². The van der Waals surface area contributed by atoms with Crippen molar-refractivity contribution in [3.63, 3.8) is 0 Å². The van der Waals surface area contributed by atoms with E-state index in [2.05, 4.69) is 20.6 Å². The number of para-hydroxylation sites is 1. The number of amides is 2. The molecule has 0 spiro atoms. The molecule has 0 aliphatic carbocycles. The fourth-order valence-electron chi connectivity index (χ4n) is 1.39. The Labute approximate surface area is 112 Å². The maximum absolute atomic E-state index is 11.6. The third-order valence-electron chi connectivity index (χ3n) is 2.15. The topological polar surface area (TPSA) is 88.7 Å². The molecule has 0 aliphatic heterocycles. The number of anilines is 1. The Bertz CT molecular complexity index is 428. The van der Waals surface area contributed by atoms with Crippen LogP contribution in [0.5, 0.6) is 0 Å². The van der Waals surface area contributed by atoms with Crippen molar-refractivity contribution in [3.8, 4) is 0 Å². The van der Waals surface area contributed by atoms with Crippen LogP contribution in [-0.4, -0.2) is 19.1 Å². The number of nitrogens with zero attached hydrogens (tertiary/aromatic N) is 1. The molecule has 0 heterocycles. The van der Waals surface area contributed by atoms with Gasteiger partial charge in [-0.05, 0) is 30.1 Å². The summed E-state index contributed by atoms with van der Waals surface area (Å²) in [7, 11) is 1.35. The zero-order chi connectivity index (χ0) is 12.8. The number of guanidine groups is 1. The molecule has 0 bridgehead atoms. The first-order valence-electron chi connectivity index (χ1n) is 5.05. The van der Waals surface area contributed by atoms with Crippen molar-refractivity contribution in [1.29, 1.82) is 0 Å². The minimum absolute atomic E-state index is 0. The predicted molar refractivity (Wildman–Crippen MR) is 73.9 cm³/mol. The molecular formula is C11H17ClN4O2. The van der Waals surface area contributed by atoms with Crippen LogP contribution in [-0.2, 0) is 4.84 Å². The number of rotatable bonds is 2. The van der Waals surface area contributed by atoms with Crippen molar-refractivity contribution in [3.05, 3.63) is 29.3 Å². The average molecular weight is 273 g/mol. The second-order valence-corrected chi connectivity index (χ2v) is 3.51. The number of nitrogens with one attached hydrogen (secondary N) is 2. The van der Waals surface area contributed by atoms with E-state index in [1.807, 2.05) is 32.0 Å². The van der Waals surface area contributed by atoms with E-state index in [1.165, 1.54) is 7.11 Å². The fraction of sp³-hybridized carbons (Fsp3) is 0.273. The maximum atomic E-state index is 11.6. The number of halogens is 1. The normalized spacial score (nSPS) is 10.3. The van der Waals surface area contributed by atoms with Gasteiger partial charge in [-0.1, -0.05) is 18.2 Å². The van der Waals surface area contributed by atoms with Gasteiger partial charge < -0.3 is 15.9 Å². The quantitative estimate of drug-likeness (QED) is 0.435. The Morgan fingerprint density at radius 1 is 1.33 bits per heavy atom. The Morgan fingerprint density at radius 2 is 1.89 bits per heavy atom. The fourth-order valence-corrected chi connectivity index (χ4v) is 1.39. The van der Waals surface area contributed by atoms with Crippen molar-refractivity contribution >= 4 is 30.1 Å². The van der Waals surface area contributed by atoms with E-state index in [0.29, 0.717) is 0 Å². The highest BCUT2D eigenvalue weighted by molar-refractivity contribution is 6.02. The van der Waals surface area contributed by atoms with E-state index in [0.717, 1.165) is 16.8 Å². The number of oxime groups is 1. The van der Waals surface area contributed by atoms with Crippen molar-refractivity contribution in [2.45, 2.75) is 13.8 Å². The molecule has 0 aromatic heterocycles. The summed E-state index contributed by atoms with van der Waals surface area (Å²) in [6.45, 7) is 3.82. The van der Waals surface area contributed by atoms with Gasteiger partial charge in [-0.15, -0.1) is 12.4 Å².